The third-order valence-corrected chi connectivity index (χ3v) is 3.94. The van der Waals surface area contributed by atoms with Gasteiger partial charge in [-0.15, -0.1) is 0 Å². The molecule has 6 heteroatoms. The number of aryl methyl sites for hydroxylation is 1. The van der Waals surface area contributed by atoms with Crippen LogP contribution >= 0.6 is 0 Å². The van der Waals surface area contributed by atoms with Crippen LogP contribution in [0, 0.1) is 6.92 Å². The highest BCUT2D eigenvalue weighted by atomic mass is 16.5. The van der Waals surface area contributed by atoms with Crippen molar-refractivity contribution >= 4 is 17.6 Å². The van der Waals surface area contributed by atoms with Crippen molar-refractivity contribution < 1.29 is 14.3 Å². The van der Waals surface area contributed by atoms with E-state index >= 15 is 0 Å². The molecular weight excluding hydrogens is 318 g/mol. The summed E-state index contributed by atoms with van der Waals surface area (Å²) in [4.78, 5) is 25.4. The molecule has 2 aromatic rings. The molecule has 0 aromatic heterocycles. The Bertz CT molecular complexity index is 759. The van der Waals surface area contributed by atoms with Crippen LogP contribution in [0.25, 0.3) is 0 Å². The quantitative estimate of drug-likeness (QED) is 0.794. The number of anilines is 1. The first-order valence-corrected chi connectivity index (χ1v) is 8.26. The number of urea groups is 1. The number of hydrogen-bond donors (Lipinski definition) is 2. The summed E-state index contributed by atoms with van der Waals surface area (Å²) in [5.41, 5.74) is 2.47. The highest BCUT2D eigenvalue weighted by Crippen LogP contribution is 2.17. The predicted molar refractivity (Wildman–Crippen MR) is 96.2 cm³/mol. The Morgan fingerprint density at radius 1 is 1.24 bits per heavy atom. The van der Waals surface area contributed by atoms with Crippen LogP contribution in [0.2, 0.25) is 0 Å². The van der Waals surface area contributed by atoms with Gasteiger partial charge in [0.05, 0.1) is 6.54 Å². The van der Waals surface area contributed by atoms with Gasteiger partial charge in [-0.25, -0.2) is 4.79 Å². The molecule has 130 valence electrons. The minimum atomic E-state index is -0.162. The lowest BCUT2D eigenvalue weighted by Gasteiger charge is -2.14. The predicted octanol–water partition coefficient (Wildman–Crippen LogP) is 2.33. The van der Waals surface area contributed by atoms with Crippen LogP contribution in [0.15, 0.2) is 48.5 Å². The maximum Gasteiger partial charge on any atom is 0.321 e. The Labute approximate surface area is 146 Å². The maximum atomic E-state index is 12.1. The molecule has 1 aliphatic rings. The van der Waals surface area contributed by atoms with E-state index in [1.54, 1.807) is 29.2 Å². The lowest BCUT2D eigenvalue weighted by Crippen LogP contribution is -2.29. The summed E-state index contributed by atoms with van der Waals surface area (Å²) >= 11 is 0. The zero-order chi connectivity index (χ0) is 17.6. The van der Waals surface area contributed by atoms with E-state index in [4.69, 9.17) is 4.74 Å². The van der Waals surface area contributed by atoms with Gasteiger partial charge in [0.15, 0.2) is 0 Å². The Balaban J connectivity index is 1.47. The summed E-state index contributed by atoms with van der Waals surface area (Å²) < 4.78 is 5.61. The van der Waals surface area contributed by atoms with E-state index in [2.05, 4.69) is 10.6 Å². The average molecular weight is 339 g/mol. The summed E-state index contributed by atoms with van der Waals surface area (Å²) in [5.74, 6) is 0.632. The Hall–Kier alpha value is -3.02. The minimum absolute atomic E-state index is 0.106. The third-order valence-electron chi connectivity index (χ3n) is 3.94. The number of hydrogen-bond acceptors (Lipinski definition) is 3. The van der Waals surface area contributed by atoms with Crippen LogP contribution in [0.4, 0.5) is 10.5 Å². The van der Waals surface area contributed by atoms with Gasteiger partial charge in [-0.2, -0.15) is 0 Å². The van der Waals surface area contributed by atoms with Gasteiger partial charge in [-0.1, -0.05) is 12.1 Å². The number of amides is 3. The fourth-order valence-electron chi connectivity index (χ4n) is 2.65. The molecule has 0 atom stereocenters. The van der Waals surface area contributed by atoms with E-state index in [0.717, 1.165) is 17.0 Å². The van der Waals surface area contributed by atoms with Crippen LogP contribution in [-0.2, 0) is 0 Å². The van der Waals surface area contributed by atoms with Gasteiger partial charge < -0.3 is 15.4 Å². The van der Waals surface area contributed by atoms with Crippen LogP contribution in [0.5, 0.6) is 5.75 Å². The monoisotopic (exact) mass is 339 g/mol. The second kappa shape index (κ2) is 7.70. The molecule has 0 saturated carbocycles. The molecule has 25 heavy (non-hydrogen) atoms. The number of benzene rings is 2. The van der Waals surface area contributed by atoms with E-state index in [9.17, 15) is 9.59 Å². The SMILES string of the molecule is Cc1cccc(OCCNC(=O)c2ccc(N3CCNC3=O)cc2)c1. The van der Waals surface area contributed by atoms with Crippen molar-refractivity contribution in [3.05, 3.63) is 59.7 Å². The van der Waals surface area contributed by atoms with Crippen LogP contribution < -0.4 is 20.3 Å². The highest BCUT2D eigenvalue weighted by molar-refractivity contribution is 5.96. The zero-order valence-corrected chi connectivity index (χ0v) is 14.1. The second-order valence-corrected chi connectivity index (χ2v) is 5.85. The molecule has 6 nitrogen and oxygen atoms in total. The zero-order valence-electron chi connectivity index (χ0n) is 14.1. The van der Waals surface area contributed by atoms with Crippen LogP contribution in [0.1, 0.15) is 15.9 Å². The van der Waals surface area contributed by atoms with Crippen molar-refractivity contribution in [2.24, 2.45) is 0 Å². The molecule has 1 saturated heterocycles. The first-order chi connectivity index (χ1) is 12.1. The van der Waals surface area contributed by atoms with Crippen molar-refractivity contribution in [3.63, 3.8) is 0 Å². The van der Waals surface area contributed by atoms with E-state index in [0.29, 0.717) is 31.8 Å². The van der Waals surface area contributed by atoms with Crippen molar-refractivity contribution in [2.45, 2.75) is 6.92 Å². The molecule has 0 radical (unpaired) electrons. The van der Waals surface area contributed by atoms with Crippen LogP contribution in [0.3, 0.4) is 0 Å². The summed E-state index contributed by atoms with van der Waals surface area (Å²) in [5, 5.41) is 5.58. The van der Waals surface area contributed by atoms with E-state index < -0.39 is 0 Å². The van der Waals surface area contributed by atoms with Gasteiger partial charge in [-0.3, -0.25) is 9.69 Å². The molecule has 2 aromatic carbocycles. The lowest BCUT2D eigenvalue weighted by molar-refractivity contribution is 0.0947. The fraction of sp³-hybridized carbons (Fsp3) is 0.263. The molecule has 2 N–H and O–H groups in total. The normalized spacial score (nSPS) is 13.5. The molecule has 0 unspecified atom stereocenters. The van der Waals surface area contributed by atoms with E-state index in [-0.39, 0.29) is 11.9 Å². The van der Waals surface area contributed by atoms with E-state index in [1.807, 2.05) is 31.2 Å². The lowest BCUT2D eigenvalue weighted by atomic mass is 10.2. The standard InChI is InChI=1S/C19H21N3O3/c1-14-3-2-4-17(13-14)25-12-10-20-18(23)15-5-7-16(8-6-15)22-11-9-21-19(22)24/h2-8,13H,9-12H2,1H3,(H,20,23)(H,21,24). The number of nitrogens with one attached hydrogen (secondary N) is 2. The summed E-state index contributed by atoms with van der Waals surface area (Å²) in [6, 6.07) is 14.7. The second-order valence-electron chi connectivity index (χ2n) is 5.85. The number of nitrogens with zero attached hydrogens (tertiary/aromatic N) is 1. The summed E-state index contributed by atoms with van der Waals surface area (Å²) in [6.07, 6.45) is 0. The Morgan fingerprint density at radius 3 is 2.72 bits per heavy atom. The van der Waals surface area contributed by atoms with Crippen LogP contribution in [-0.4, -0.2) is 38.2 Å². The summed E-state index contributed by atoms with van der Waals surface area (Å²) in [7, 11) is 0. The van der Waals surface area contributed by atoms with Crippen molar-refractivity contribution in [1.82, 2.24) is 10.6 Å². The molecule has 0 bridgehead atoms. The third kappa shape index (κ3) is 4.29. The molecule has 1 fully saturated rings. The molecule has 3 rings (SSSR count). The first kappa shape index (κ1) is 16.8. The number of rotatable bonds is 6. The number of ether oxygens (including phenoxy) is 1. The Kier molecular flexibility index (Phi) is 5.18. The average Bonchev–Trinajstić information content (AvgIpc) is 3.05. The van der Waals surface area contributed by atoms with Gasteiger partial charge in [0.1, 0.15) is 12.4 Å². The van der Waals surface area contributed by atoms with Crippen molar-refractivity contribution in [1.29, 1.82) is 0 Å². The molecule has 1 aliphatic heterocycles. The van der Waals surface area contributed by atoms with Gasteiger partial charge >= 0.3 is 6.03 Å². The largest absolute Gasteiger partial charge is 0.492 e. The number of carbonyl (C=O) groups is 2. The Morgan fingerprint density at radius 2 is 2.04 bits per heavy atom. The van der Waals surface area contributed by atoms with Gasteiger partial charge in [0, 0.05) is 24.3 Å². The molecular formula is C19H21N3O3. The van der Waals surface area contributed by atoms with Crippen molar-refractivity contribution in [3.8, 4) is 5.75 Å². The van der Waals surface area contributed by atoms with Gasteiger partial charge in [-0.05, 0) is 48.9 Å². The molecule has 0 spiro atoms. The minimum Gasteiger partial charge on any atom is -0.492 e. The smallest absolute Gasteiger partial charge is 0.321 e. The highest BCUT2D eigenvalue weighted by Gasteiger charge is 2.21. The first-order valence-electron chi connectivity index (χ1n) is 8.26. The van der Waals surface area contributed by atoms with Gasteiger partial charge in [0.2, 0.25) is 0 Å². The topological polar surface area (TPSA) is 70.7 Å². The molecule has 1 heterocycles. The van der Waals surface area contributed by atoms with Crippen molar-refractivity contribution in [2.75, 3.05) is 31.1 Å². The molecule has 3 amide bonds. The fourth-order valence-corrected chi connectivity index (χ4v) is 2.65. The summed E-state index contributed by atoms with van der Waals surface area (Å²) in [6.45, 7) is 4.11. The maximum absolute atomic E-state index is 12.1. The van der Waals surface area contributed by atoms with E-state index in [1.165, 1.54) is 0 Å². The molecule has 0 aliphatic carbocycles. The number of carbonyl (C=O) groups excluding carboxylic acids is 2. The van der Waals surface area contributed by atoms with Gasteiger partial charge in [0.25, 0.3) is 5.91 Å².